The molecule has 1 aliphatic heterocycles. The molecular formula is C25H34N4O8. The van der Waals surface area contributed by atoms with Crippen LogP contribution in [0.5, 0.6) is 0 Å². The van der Waals surface area contributed by atoms with Gasteiger partial charge >= 0.3 is 23.7 Å². The van der Waals surface area contributed by atoms with Crippen molar-refractivity contribution in [1.29, 1.82) is 0 Å². The molecule has 1 N–H and O–H groups in total. The molecule has 1 aromatic heterocycles. The average Bonchev–Trinajstić information content (AvgIpc) is 3.53. The Kier molecular flexibility index (Phi) is 7.29. The van der Waals surface area contributed by atoms with Crippen LogP contribution in [0, 0.1) is 22.0 Å². The van der Waals surface area contributed by atoms with Crippen molar-refractivity contribution in [3.63, 3.8) is 0 Å². The van der Waals surface area contributed by atoms with Crippen molar-refractivity contribution in [2.75, 3.05) is 18.0 Å². The highest BCUT2D eigenvalue weighted by Gasteiger charge is 2.49. The standard InChI is InChI=1S/C25H34N4O8/c1-13(30)35-20-9-8-16-21(20)26-10-19(29(33)34)22(16)28-11-17(15-6-7-15)23(36-14(2)31)18(12-28)27-24(32)37-25(3,4)5/h10,15,17-18,20,23H,6-9,11-12H2,1-5H3,(H,27,32)/t17-,18-,20?,23-/m1/s1. The summed E-state index contributed by atoms with van der Waals surface area (Å²) < 4.78 is 16.6. The van der Waals surface area contributed by atoms with Gasteiger partial charge in [-0.1, -0.05) is 0 Å². The molecule has 4 rings (SSSR count). The number of amides is 1. The average molecular weight is 519 g/mol. The molecule has 1 saturated heterocycles. The number of piperidine rings is 1. The van der Waals surface area contributed by atoms with Gasteiger partial charge in [0.2, 0.25) is 0 Å². The summed E-state index contributed by atoms with van der Waals surface area (Å²) in [6.45, 7) is 8.47. The molecule has 37 heavy (non-hydrogen) atoms. The molecule has 202 valence electrons. The first-order valence-corrected chi connectivity index (χ1v) is 12.6. The summed E-state index contributed by atoms with van der Waals surface area (Å²) in [5.41, 5.74) is 0.697. The Morgan fingerprint density at radius 3 is 2.35 bits per heavy atom. The fraction of sp³-hybridized carbons (Fsp3) is 0.680. The van der Waals surface area contributed by atoms with E-state index in [1.165, 1.54) is 20.0 Å². The molecule has 1 amide bonds. The van der Waals surface area contributed by atoms with Crippen LogP contribution in [0.3, 0.4) is 0 Å². The number of hydrogen-bond acceptors (Lipinski definition) is 10. The number of hydrogen-bond donors (Lipinski definition) is 1. The minimum Gasteiger partial charge on any atom is -0.460 e. The second-order valence-electron chi connectivity index (χ2n) is 11.0. The van der Waals surface area contributed by atoms with Gasteiger partial charge in [-0.25, -0.2) is 9.78 Å². The van der Waals surface area contributed by atoms with Crippen LogP contribution >= 0.6 is 0 Å². The van der Waals surface area contributed by atoms with Gasteiger partial charge in [0.15, 0.2) is 0 Å². The molecule has 0 bridgehead atoms. The van der Waals surface area contributed by atoms with Crippen LogP contribution in [0.1, 0.15) is 71.2 Å². The molecule has 0 spiro atoms. The molecule has 0 aromatic carbocycles. The van der Waals surface area contributed by atoms with E-state index in [1.54, 1.807) is 20.8 Å². The van der Waals surface area contributed by atoms with Crippen LogP contribution in [0.2, 0.25) is 0 Å². The maximum absolute atomic E-state index is 12.7. The highest BCUT2D eigenvalue weighted by atomic mass is 16.6. The summed E-state index contributed by atoms with van der Waals surface area (Å²) in [6, 6.07) is -0.660. The Hall–Kier alpha value is -3.44. The van der Waals surface area contributed by atoms with Gasteiger partial charge in [0.1, 0.15) is 29.7 Å². The fourth-order valence-corrected chi connectivity index (χ4v) is 5.43. The van der Waals surface area contributed by atoms with E-state index < -0.39 is 46.8 Å². The highest BCUT2D eigenvalue weighted by molar-refractivity contribution is 5.72. The Morgan fingerprint density at radius 1 is 1.11 bits per heavy atom. The number of carbonyl (C=O) groups excluding carboxylic acids is 3. The number of nitrogens with zero attached hydrogens (tertiary/aromatic N) is 3. The molecular weight excluding hydrogens is 484 g/mol. The molecule has 2 aliphatic carbocycles. The van der Waals surface area contributed by atoms with E-state index >= 15 is 0 Å². The molecule has 1 aromatic rings. The molecule has 0 radical (unpaired) electrons. The minimum absolute atomic E-state index is 0.147. The third-order valence-corrected chi connectivity index (χ3v) is 6.84. The van der Waals surface area contributed by atoms with Gasteiger partial charge < -0.3 is 24.4 Å². The number of anilines is 1. The number of nitrogens with one attached hydrogen (secondary N) is 1. The number of esters is 2. The molecule has 12 nitrogen and oxygen atoms in total. The maximum atomic E-state index is 12.7. The molecule has 2 fully saturated rings. The lowest BCUT2D eigenvalue weighted by Gasteiger charge is -2.44. The molecule has 1 saturated carbocycles. The molecule has 3 aliphatic rings. The lowest BCUT2D eigenvalue weighted by Crippen LogP contribution is -2.61. The lowest BCUT2D eigenvalue weighted by atomic mass is 9.86. The SMILES string of the molecule is CC(=O)OC1CCc2c1ncc([N+](=O)[O-])c2N1C[C@H](C2CC2)[C@@H](OC(C)=O)[C@H](NC(=O)OC(C)(C)C)C1. The topological polar surface area (TPSA) is 150 Å². The highest BCUT2D eigenvalue weighted by Crippen LogP contribution is 2.47. The van der Waals surface area contributed by atoms with E-state index in [4.69, 9.17) is 14.2 Å². The predicted octanol–water partition coefficient (Wildman–Crippen LogP) is 3.21. The number of nitro groups is 1. The van der Waals surface area contributed by atoms with E-state index in [2.05, 4.69) is 10.3 Å². The summed E-state index contributed by atoms with van der Waals surface area (Å²) in [5, 5.41) is 14.9. The van der Waals surface area contributed by atoms with Crippen molar-refractivity contribution in [2.24, 2.45) is 11.8 Å². The smallest absolute Gasteiger partial charge is 0.408 e. The van der Waals surface area contributed by atoms with Gasteiger partial charge in [-0.3, -0.25) is 19.7 Å². The summed E-state index contributed by atoms with van der Waals surface area (Å²) in [6.07, 6.45) is 2.20. The van der Waals surface area contributed by atoms with Gasteiger partial charge in [-0.2, -0.15) is 0 Å². The van der Waals surface area contributed by atoms with Gasteiger partial charge in [-0.15, -0.1) is 0 Å². The first-order valence-electron chi connectivity index (χ1n) is 12.6. The third kappa shape index (κ3) is 6.11. The number of aromatic nitrogens is 1. The summed E-state index contributed by atoms with van der Waals surface area (Å²) >= 11 is 0. The predicted molar refractivity (Wildman–Crippen MR) is 131 cm³/mol. The molecule has 2 heterocycles. The van der Waals surface area contributed by atoms with Crippen molar-refractivity contribution in [3.05, 3.63) is 27.6 Å². The maximum Gasteiger partial charge on any atom is 0.408 e. The van der Waals surface area contributed by atoms with Gasteiger partial charge in [-0.05, 0) is 52.4 Å². The van der Waals surface area contributed by atoms with Crippen molar-refractivity contribution in [3.8, 4) is 0 Å². The van der Waals surface area contributed by atoms with Crippen molar-refractivity contribution < 1.29 is 33.5 Å². The van der Waals surface area contributed by atoms with Crippen LogP contribution in [-0.4, -0.2) is 58.8 Å². The van der Waals surface area contributed by atoms with E-state index in [1.807, 2.05) is 4.90 Å². The number of rotatable bonds is 6. The zero-order chi connectivity index (χ0) is 27.1. The Balaban J connectivity index is 1.73. The zero-order valence-corrected chi connectivity index (χ0v) is 21.8. The second-order valence-corrected chi connectivity index (χ2v) is 11.0. The van der Waals surface area contributed by atoms with E-state index in [0.717, 1.165) is 12.8 Å². The van der Waals surface area contributed by atoms with E-state index in [-0.39, 0.29) is 24.1 Å². The lowest BCUT2D eigenvalue weighted by molar-refractivity contribution is -0.384. The number of pyridine rings is 1. The summed E-state index contributed by atoms with van der Waals surface area (Å²) in [7, 11) is 0. The minimum atomic E-state index is -0.734. The Labute approximate surface area is 215 Å². The van der Waals surface area contributed by atoms with Gasteiger partial charge in [0, 0.05) is 38.4 Å². The normalized spacial score (nSPS) is 25.2. The van der Waals surface area contributed by atoms with Gasteiger partial charge in [0.05, 0.1) is 16.7 Å². The Morgan fingerprint density at radius 2 is 1.78 bits per heavy atom. The quantitative estimate of drug-likeness (QED) is 0.257. The van der Waals surface area contributed by atoms with Crippen LogP contribution in [0.25, 0.3) is 0 Å². The van der Waals surface area contributed by atoms with E-state index in [0.29, 0.717) is 36.3 Å². The second kappa shape index (κ2) is 10.1. The fourth-order valence-electron chi connectivity index (χ4n) is 5.43. The van der Waals surface area contributed by atoms with Crippen LogP contribution in [0.4, 0.5) is 16.2 Å². The van der Waals surface area contributed by atoms with Crippen molar-refractivity contribution >= 4 is 29.4 Å². The summed E-state index contributed by atoms with van der Waals surface area (Å²) in [5.74, 6) is -0.790. The van der Waals surface area contributed by atoms with Crippen LogP contribution in [-0.2, 0) is 30.2 Å². The van der Waals surface area contributed by atoms with Crippen LogP contribution in [0.15, 0.2) is 6.20 Å². The first kappa shape index (κ1) is 26.6. The summed E-state index contributed by atoms with van der Waals surface area (Å²) in [4.78, 5) is 54.1. The molecule has 1 unspecified atom stereocenters. The largest absolute Gasteiger partial charge is 0.460 e. The van der Waals surface area contributed by atoms with E-state index in [9.17, 15) is 24.5 Å². The number of carbonyl (C=O) groups is 3. The number of fused-ring (bicyclic) bond motifs is 1. The monoisotopic (exact) mass is 518 g/mol. The van der Waals surface area contributed by atoms with Crippen LogP contribution < -0.4 is 10.2 Å². The zero-order valence-electron chi connectivity index (χ0n) is 21.8. The van der Waals surface area contributed by atoms with Crippen molar-refractivity contribution in [2.45, 2.75) is 84.2 Å². The Bertz CT molecular complexity index is 1100. The number of alkyl carbamates (subject to hydrolysis) is 1. The number of ether oxygens (including phenoxy) is 3. The third-order valence-electron chi connectivity index (χ3n) is 6.84. The first-order chi connectivity index (χ1) is 17.3. The molecule has 12 heteroatoms. The van der Waals surface area contributed by atoms with Crippen molar-refractivity contribution in [1.82, 2.24) is 10.3 Å². The molecule has 4 atom stereocenters. The van der Waals surface area contributed by atoms with Gasteiger partial charge in [0.25, 0.3) is 0 Å².